The summed E-state index contributed by atoms with van der Waals surface area (Å²) in [5.41, 5.74) is 3.59. The minimum atomic E-state index is 0.687. The number of nitrogens with one attached hydrogen (secondary N) is 2. The largest absolute Gasteiger partial charge is 0.378 e. The first kappa shape index (κ1) is 17.3. The number of aliphatic imine (C=N–C) groups is 1. The van der Waals surface area contributed by atoms with Gasteiger partial charge in [0.05, 0.1) is 25.5 Å². The molecule has 7 heteroatoms. The van der Waals surface area contributed by atoms with E-state index in [9.17, 15) is 0 Å². The van der Waals surface area contributed by atoms with Crippen LogP contribution in [0.4, 0.5) is 5.69 Å². The summed E-state index contributed by atoms with van der Waals surface area (Å²) in [4.78, 5) is 6.62. The Hall–Kier alpha value is -2.54. The van der Waals surface area contributed by atoms with E-state index in [1.54, 1.807) is 13.2 Å². The average molecular weight is 342 g/mol. The summed E-state index contributed by atoms with van der Waals surface area (Å²) in [6.07, 6.45) is 1.79. The van der Waals surface area contributed by atoms with Crippen molar-refractivity contribution in [3.05, 3.63) is 47.8 Å². The van der Waals surface area contributed by atoms with Gasteiger partial charge < -0.3 is 20.3 Å². The number of rotatable bonds is 5. The van der Waals surface area contributed by atoms with Crippen molar-refractivity contribution < 1.29 is 4.74 Å². The molecule has 2 heterocycles. The summed E-state index contributed by atoms with van der Waals surface area (Å²) >= 11 is 0. The predicted molar refractivity (Wildman–Crippen MR) is 99.7 cm³/mol. The van der Waals surface area contributed by atoms with Gasteiger partial charge in [-0.15, -0.1) is 0 Å². The maximum atomic E-state index is 5.40. The Morgan fingerprint density at radius 2 is 1.84 bits per heavy atom. The molecule has 3 rings (SSSR count). The fourth-order valence-electron chi connectivity index (χ4n) is 2.80. The van der Waals surface area contributed by atoms with Crippen LogP contribution in [-0.2, 0) is 24.9 Å². The van der Waals surface area contributed by atoms with Gasteiger partial charge in [-0.2, -0.15) is 5.10 Å². The van der Waals surface area contributed by atoms with E-state index < -0.39 is 0 Å². The Morgan fingerprint density at radius 3 is 2.48 bits per heavy atom. The summed E-state index contributed by atoms with van der Waals surface area (Å²) in [5, 5.41) is 10.8. The van der Waals surface area contributed by atoms with Crippen LogP contribution in [0, 0.1) is 0 Å². The van der Waals surface area contributed by atoms with Crippen LogP contribution in [0.15, 0.2) is 41.5 Å². The van der Waals surface area contributed by atoms with Crippen LogP contribution in [-0.4, -0.2) is 49.1 Å². The van der Waals surface area contributed by atoms with E-state index in [2.05, 4.69) is 49.9 Å². The molecule has 1 aliphatic heterocycles. The molecule has 1 aromatic heterocycles. The van der Waals surface area contributed by atoms with Gasteiger partial charge in [0.25, 0.3) is 0 Å². The van der Waals surface area contributed by atoms with E-state index in [4.69, 9.17) is 4.74 Å². The fraction of sp³-hybridized carbons (Fsp3) is 0.444. The quantitative estimate of drug-likeness (QED) is 0.630. The summed E-state index contributed by atoms with van der Waals surface area (Å²) < 4.78 is 7.25. The molecule has 1 fully saturated rings. The number of ether oxygens (including phenoxy) is 1. The third-order valence-electron chi connectivity index (χ3n) is 4.36. The number of aromatic nitrogens is 2. The Labute approximate surface area is 148 Å². The van der Waals surface area contributed by atoms with Gasteiger partial charge in [0.15, 0.2) is 5.96 Å². The van der Waals surface area contributed by atoms with Gasteiger partial charge in [-0.05, 0) is 23.8 Å². The van der Waals surface area contributed by atoms with E-state index in [-0.39, 0.29) is 0 Å². The maximum Gasteiger partial charge on any atom is 0.191 e. The molecule has 0 radical (unpaired) electrons. The van der Waals surface area contributed by atoms with Crippen LogP contribution in [0.3, 0.4) is 0 Å². The molecule has 0 bridgehead atoms. The predicted octanol–water partition coefficient (Wildman–Crippen LogP) is 1.12. The number of benzene rings is 1. The number of anilines is 1. The van der Waals surface area contributed by atoms with Crippen molar-refractivity contribution in [1.29, 1.82) is 0 Å². The molecular weight excluding hydrogens is 316 g/mol. The molecule has 0 saturated carbocycles. The van der Waals surface area contributed by atoms with Crippen LogP contribution < -0.4 is 15.5 Å². The second-order valence-corrected chi connectivity index (χ2v) is 5.99. The minimum Gasteiger partial charge on any atom is -0.378 e. The zero-order valence-corrected chi connectivity index (χ0v) is 14.9. The number of hydrogen-bond acceptors (Lipinski definition) is 4. The first-order valence-corrected chi connectivity index (χ1v) is 8.59. The molecule has 7 nitrogen and oxygen atoms in total. The van der Waals surface area contributed by atoms with Gasteiger partial charge in [0.1, 0.15) is 0 Å². The topological polar surface area (TPSA) is 66.7 Å². The van der Waals surface area contributed by atoms with Gasteiger partial charge in [0, 0.05) is 45.6 Å². The molecule has 0 spiro atoms. The number of guanidine groups is 1. The summed E-state index contributed by atoms with van der Waals surface area (Å²) in [6.45, 7) is 4.95. The van der Waals surface area contributed by atoms with E-state index in [1.807, 2.05) is 17.8 Å². The highest BCUT2D eigenvalue weighted by atomic mass is 16.5. The number of nitrogens with zero attached hydrogens (tertiary/aromatic N) is 4. The number of morpholine rings is 1. The molecule has 2 N–H and O–H groups in total. The van der Waals surface area contributed by atoms with Crippen molar-refractivity contribution in [2.24, 2.45) is 12.0 Å². The minimum absolute atomic E-state index is 0.687. The Kier molecular flexibility index (Phi) is 5.90. The van der Waals surface area contributed by atoms with E-state index in [0.717, 1.165) is 44.5 Å². The first-order chi connectivity index (χ1) is 12.3. The van der Waals surface area contributed by atoms with Crippen molar-refractivity contribution in [3.8, 4) is 0 Å². The highest BCUT2D eigenvalue weighted by Gasteiger charge is 2.10. The monoisotopic (exact) mass is 342 g/mol. The smallest absolute Gasteiger partial charge is 0.191 e. The molecule has 25 heavy (non-hydrogen) atoms. The highest BCUT2D eigenvalue weighted by molar-refractivity contribution is 5.79. The van der Waals surface area contributed by atoms with Gasteiger partial charge >= 0.3 is 0 Å². The zero-order chi connectivity index (χ0) is 17.5. The van der Waals surface area contributed by atoms with Crippen LogP contribution in [0.1, 0.15) is 11.3 Å². The second kappa shape index (κ2) is 8.53. The van der Waals surface area contributed by atoms with Gasteiger partial charge in [-0.1, -0.05) is 12.1 Å². The van der Waals surface area contributed by atoms with Crippen molar-refractivity contribution in [2.45, 2.75) is 13.1 Å². The fourth-order valence-corrected chi connectivity index (χ4v) is 2.80. The lowest BCUT2D eigenvalue weighted by Crippen LogP contribution is -2.37. The summed E-state index contributed by atoms with van der Waals surface area (Å²) in [5.74, 6) is 0.776. The molecule has 0 amide bonds. The van der Waals surface area contributed by atoms with Crippen molar-refractivity contribution in [2.75, 3.05) is 38.3 Å². The Morgan fingerprint density at radius 1 is 1.12 bits per heavy atom. The van der Waals surface area contributed by atoms with E-state index in [1.165, 1.54) is 11.3 Å². The normalized spacial score (nSPS) is 15.3. The molecule has 1 aliphatic rings. The standard InChI is InChI=1S/C18H26N6O/c1-19-18(21-14-17-7-8-22-23(17)2)20-13-15-3-5-16(6-4-15)24-9-11-25-12-10-24/h3-8H,9-14H2,1-2H3,(H2,19,20,21). The van der Waals surface area contributed by atoms with Crippen LogP contribution in [0.2, 0.25) is 0 Å². The lowest BCUT2D eigenvalue weighted by Gasteiger charge is -2.28. The number of aryl methyl sites for hydroxylation is 1. The molecule has 2 aromatic rings. The average Bonchev–Trinajstić information content (AvgIpc) is 3.08. The van der Waals surface area contributed by atoms with Gasteiger partial charge in [0.2, 0.25) is 0 Å². The maximum absolute atomic E-state index is 5.40. The molecule has 0 atom stereocenters. The van der Waals surface area contributed by atoms with Crippen molar-refractivity contribution in [1.82, 2.24) is 20.4 Å². The van der Waals surface area contributed by atoms with Crippen LogP contribution in [0.5, 0.6) is 0 Å². The molecule has 1 aromatic carbocycles. The van der Waals surface area contributed by atoms with Crippen molar-refractivity contribution in [3.63, 3.8) is 0 Å². The number of hydrogen-bond donors (Lipinski definition) is 2. The molecule has 134 valence electrons. The van der Waals surface area contributed by atoms with E-state index in [0.29, 0.717) is 6.54 Å². The Balaban J connectivity index is 1.49. The third kappa shape index (κ3) is 4.73. The second-order valence-electron chi connectivity index (χ2n) is 5.99. The molecular formula is C18H26N6O. The highest BCUT2D eigenvalue weighted by Crippen LogP contribution is 2.16. The zero-order valence-electron chi connectivity index (χ0n) is 14.9. The van der Waals surface area contributed by atoms with Gasteiger partial charge in [-0.25, -0.2) is 0 Å². The van der Waals surface area contributed by atoms with Crippen molar-refractivity contribution >= 4 is 11.6 Å². The third-order valence-corrected chi connectivity index (χ3v) is 4.36. The van der Waals surface area contributed by atoms with Crippen LogP contribution in [0.25, 0.3) is 0 Å². The molecule has 0 aliphatic carbocycles. The lowest BCUT2D eigenvalue weighted by molar-refractivity contribution is 0.122. The van der Waals surface area contributed by atoms with Crippen LogP contribution >= 0.6 is 0 Å². The lowest BCUT2D eigenvalue weighted by atomic mass is 10.2. The summed E-state index contributed by atoms with van der Waals surface area (Å²) in [6, 6.07) is 10.7. The molecule has 1 saturated heterocycles. The van der Waals surface area contributed by atoms with E-state index >= 15 is 0 Å². The molecule has 0 unspecified atom stereocenters. The SMILES string of the molecule is CN=C(NCc1ccc(N2CCOCC2)cc1)NCc1ccnn1C. The first-order valence-electron chi connectivity index (χ1n) is 8.59. The summed E-state index contributed by atoms with van der Waals surface area (Å²) in [7, 11) is 3.71. The van der Waals surface area contributed by atoms with Gasteiger partial charge in [-0.3, -0.25) is 9.67 Å². The Bertz CT molecular complexity index is 688.